The molecule has 0 aromatic rings. The largest absolute Gasteiger partial charge is 0.380 e. The van der Waals surface area contributed by atoms with Crippen LogP contribution in [-0.4, -0.2) is 37.7 Å². The molecule has 24 heavy (non-hydrogen) atoms. The summed E-state index contributed by atoms with van der Waals surface area (Å²) in [5.41, 5.74) is 0. The molecule has 1 unspecified atom stereocenters. The number of hydrogen-bond donors (Lipinski definition) is 1. The van der Waals surface area contributed by atoms with E-state index in [4.69, 9.17) is 4.74 Å². The highest BCUT2D eigenvalue weighted by atomic mass is 16.5. The predicted molar refractivity (Wildman–Crippen MR) is 116 cm³/mol. The third kappa shape index (κ3) is 37.8. The minimum absolute atomic E-state index is 0. The van der Waals surface area contributed by atoms with Gasteiger partial charge in [0.05, 0.1) is 6.10 Å². The molecule has 0 aliphatic carbocycles. The summed E-state index contributed by atoms with van der Waals surface area (Å²) in [5, 5.41) is 0. The molecule has 0 amide bonds. The topological polar surface area (TPSA) is 47.5 Å². The lowest BCUT2D eigenvalue weighted by Gasteiger charge is -2.23. The Bertz CT molecular complexity index is 127. The Hall–Kier alpha value is -0.120. The van der Waals surface area contributed by atoms with Crippen molar-refractivity contribution in [1.29, 1.82) is 0 Å². The first-order valence-corrected chi connectivity index (χ1v) is 10.4. The molecule has 0 radical (unpaired) electrons. The molecular formula is C21H54N2O. The number of likely N-dealkylation sites (N-methyl/N-ethyl adjacent to an activating group) is 1. The minimum atomic E-state index is 0. The molecule has 154 valence electrons. The highest BCUT2D eigenvalue weighted by Crippen LogP contribution is 1.99. The van der Waals surface area contributed by atoms with Gasteiger partial charge in [-0.2, -0.15) is 0 Å². The lowest BCUT2D eigenvalue weighted by Crippen LogP contribution is -2.32. The van der Waals surface area contributed by atoms with Crippen LogP contribution < -0.4 is 6.15 Å². The van der Waals surface area contributed by atoms with Gasteiger partial charge >= 0.3 is 0 Å². The third-order valence-corrected chi connectivity index (χ3v) is 3.56. The summed E-state index contributed by atoms with van der Waals surface area (Å²) in [6.07, 6.45) is 9.67. The van der Waals surface area contributed by atoms with Gasteiger partial charge in [0.25, 0.3) is 0 Å². The van der Waals surface area contributed by atoms with Crippen LogP contribution in [0.2, 0.25) is 0 Å². The fourth-order valence-corrected chi connectivity index (χ4v) is 1.85. The number of nitrogens with zero attached hydrogens (tertiary/aromatic N) is 1. The fraction of sp³-hybridized carbons (Fsp3) is 1.00. The molecule has 0 aliphatic heterocycles. The Morgan fingerprint density at radius 1 is 0.708 bits per heavy atom. The molecule has 3 N–H and O–H groups in total. The number of hydrogen-bond acceptors (Lipinski definition) is 3. The van der Waals surface area contributed by atoms with Crippen molar-refractivity contribution in [3.63, 3.8) is 0 Å². The van der Waals surface area contributed by atoms with Crippen LogP contribution in [0.4, 0.5) is 0 Å². The molecule has 3 nitrogen and oxygen atoms in total. The minimum Gasteiger partial charge on any atom is -0.380 e. The van der Waals surface area contributed by atoms with Crippen molar-refractivity contribution >= 4 is 0 Å². The van der Waals surface area contributed by atoms with Crippen LogP contribution in [-0.2, 0) is 4.74 Å². The normalized spacial score (nSPS) is 10.1. The van der Waals surface area contributed by atoms with E-state index in [0.717, 1.165) is 26.1 Å². The van der Waals surface area contributed by atoms with Gasteiger partial charge in [0.15, 0.2) is 0 Å². The van der Waals surface area contributed by atoms with Crippen molar-refractivity contribution in [2.45, 2.75) is 113 Å². The van der Waals surface area contributed by atoms with Gasteiger partial charge in [0, 0.05) is 13.7 Å². The molecule has 0 aromatic carbocycles. The van der Waals surface area contributed by atoms with Gasteiger partial charge < -0.3 is 15.8 Å². The van der Waals surface area contributed by atoms with Crippen LogP contribution in [0, 0.1) is 0 Å². The lowest BCUT2D eigenvalue weighted by molar-refractivity contribution is 0.0646. The smallest absolute Gasteiger partial charge is 0.0695 e. The van der Waals surface area contributed by atoms with E-state index >= 15 is 0 Å². The second kappa shape index (κ2) is 38.4. The summed E-state index contributed by atoms with van der Waals surface area (Å²) in [7, 11) is 1.79. The Labute approximate surface area is 156 Å². The molecule has 0 fully saturated rings. The lowest BCUT2D eigenvalue weighted by atomic mass is 10.2. The Morgan fingerprint density at radius 3 is 1.17 bits per heavy atom. The summed E-state index contributed by atoms with van der Waals surface area (Å²) in [4.78, 5) is 2.39. The van der Waals surface area contributed by atoms with Gasteiger partial charge in [0.2, 0.25) is 0 Å². The van der Waals surface area contributed by atoms with E-state index in [1.54, 1.807) is 7.11 Å². The zero-order valence-corrected chi connectivity index (χ0v) is 19.2. The molecule has 0 bridgehead atoms. The summed E-state index contributed by atoms with van der Waals surface area (Å²) in [6, 6.07) is 0. The molecule has 0 aliphatic rings. The Kier molecular flexibility index (Phi) is 56.2. The molecule has 0 rings (SSSR count). The summed E-state index contributed by atoms with van der Waals surface area (Å²) in [5.74, 6) is 0. The van der Waals surface area contributed by atoms with Crippen LogP contribution in [0.25, 0.3) is 0 Å². The molecule has 1 atom stereocenters. The molecule has 0 aromatic heterocycles. The maximum Gasteiger partial charge on any atom is 0.0695 e. The Balaban J connectivity index is -0.0000000783. The van der Waals surface area contributed by atoms with Gasteiger partial charge in [-0.15, -0.1) is 0 Å². The van der Waals surface area contributed by atoms with Crippen LogP contribution in [0.15, 0.2) is 0 Å². The van der Waals surface area contributed by atoms with Crippen LogP contribution in [0.3, 0.4) is 0 Å². The fourth-order valence-electron chi connectivity index (χ4n) is 1.85. The van der Waals surface area contributed by atoms with Gasteiger partial charge in [0.1, 0.15) is 0 Å². The van der Waals surface area contributed by atoms with Crippen molar-refractivity contribution in [2.75, 3.05) is 26.7 Å². The molecule has 3 heteroatoms. The molecule has 0 saturated carbocycles. The summed E-state index contributed by atoms with van der Waals surface area (Å²) < 4.78 is 5.29. The van der Waals surface area contributed by atoms with E-state index in [1.807, 2.05) is 13.8 Å². The molecule has 0 saturated heterocycles. The average Bonchev–Trinajstić information content (AvgIpc) is 2.60. The van der Waals surface area contributed by atoms with Crippen molar-refractivity contribution in [3.8, 4) is 0 Å². The summed E-state index contributed by atoms with van der Waals surface area (Å²) in [6.45, 7) is 22.7. The van der Waals surface area contributed by atoms with E-state index in [0.29, 0.717) is 6.10 Å². The molecule has 0 heterocycles. The van der Waals surface area contributed by atoms with Gasteiger partial charge in [-0.3, -0.25) is 0 Å². The summed E-state index contributed by atoms with van der Waals surface area (Å²) >= 11 is 0. The van der Waals surface area contributed by atoms with E-state index in [2.05, 4.69) is 53.4 Å². The third-order valence-electron chi connectivity index (χ3n) is 3.56. The predicted octanol–water partition coefficient (Wildman–Crippen LogP) is 7.33. The van der Waals surface area contributed by atoms with Gasteiger partial charge in [-0.25, -0.2) is 0 Å². The zero-order chi connectivity index (χ0) is 18.9. The van der Waals surface area contributed by atoms with E-state index in [1.165, 1.54) is 38.5 Å². The van der Waals surface area contributed by atoms with Crippen LogP contribution in [0.1, 0.15) is 107 Å². The second-order valence-electron chi connectivity index (χ2n) is 5.46. The van der Waals surface area contributed by atoms with Crippen molar-refractivity contribution in [1.82, 2.24) is 11.1 Å². The number of unbranched alkanes of at least 4 members (excludes halogenated alkanes) is 4. The number of rotatable bonds is 10. The van der Waals surface area contributed by atoms with Gasteiger partial charge in [-0.1, -0.05) is 101 Å². The molecule has 0 spiro atoms. The first-order valence-electron chi connectivity index (χ1n) is 10.4. The Morgan fingerprint density at radius 2 is 1.04 bits per heavy atom. The van der Waals surface area contributed by atoms with Crippen LogP contribution in [0.5, 0.6) is 0 Å². The SMILES string of the molecule is CC.CCC(CN(CC)CC)OC.CCCCC.CCCCC.N. The monoisotopic (exact) mass is 350 g/mol. The first kappa shape index (κ1) is 35.1. The van der Waals surface area contributed by atoms with E-state index < -0.39 is 0 Å². The quantitative estimate of drug-likeness (QED) is 0.448. The standard InChI is InChI=1S/C9H21NO.2C5H12.C2H6.H3N/c1-5-9(11-4)8-10(6-2)7-3;2*1-3-5-4-2;1-2;/h9H,5-8H2,1-4H3;2*3-5H2,1-2H3;1-2H3;1H3. The van der Waals surface area contributed by atoms with E-state index in [-0.39, 0.29) is 6.15 Å². The van der Waals surface area contributed by atoms with Crippen LogP contribution >= 0.6 is 0 Å². The highest BCUT2D eigenvalue weighted by Gasteiger charge is 2.07. The van der Waals surface area contributed by atoms with Crippen molar-refractivity contribution in [3.05, 3.63) is 0 Å². The maximum atomic E-state index is 5.29. The van der Waals surface area contributed by atoms with Gasteiger partial charge in [-0.05, 0) is 19.5 Å². The average molecular weight is 351 g/mol. The van der Waals surface area contributed by atoms with E-state index in [9.17, 15) is 0 Å². The highest BCUT2D eigenvalue weighted by molar-refractivity contribution is 4.61. The van der Waals surface area contributed by atoms with Crippen molar-refractivity contribution < 1.29 is 4.74 Å². The molecular weight excluding hydrogens is 296 g/mol. The first-order chi connectivity index (χ1) is 11.1. The number of ether oxygens (including phenoxy) is 1. The zero-order valence-electron chi connectivity index (χ0n) is 19.2. The second-order valence-corrected chi connectivity index (χ2v) is 5.46. The maximum absolute atomic E-state index is 5.29. The number of methoxy groups -OCH3 is 1. The van der Waals surface area contributed by atoms with Crippen molar-refractivity contribution in [2.24, 2.45) is 0 Å².